The molecule has 1 aliphatic heterocycles. The van der Waals surface area contributed by atoms with Gasteiger partial charge in [0.1, 0.15) is 11.4 Å². The Kier molecular flexibility index (Phi) is 25.1. The van der Waals surface area contributed by atoms with E-state index >= 15 is 0 Å². The van der Waals surface area contributed by atoms with E-state index in [0.717, 1.165) is 91.2 Å². The van der Waals surface area contributed by atoms with Crippen LogP contribution in [0.3, 0.4) is 0 Å². The average Bonchev–Trinajstić information content (AvgIpc) is 1.65. The van der Waals surface area contributed by atoms with Gasteiger partial charge in [0, 0.05) is 35.3 Å². The molecule has 11 aromatic rings. The van der Waals surface area contributed by atoms with Gasteiger partial charge in [-0.1, -0.05) is 236 Å². The summed E-state index contributed by atoms with van der Waals surface area (Å²) in [5, 5.41) is 52.6. The van der Waals surface area contributed by atoms with Crippen LogP contribution in [-0.2, 0) is 36.8 Å². The number of carbonyl (C=O) groups excluding carboxylic acids is 1. The van der Waals surface area contributed by atoms with E-state index in [-0.39, 0.29) is 18.6 Å². The van der Waals surface area contributed by atoms with E-state index in [1.807, 2.05) is 200 Å². The lowest BCUT2D eigenvalue weighted by molar-refractivity contribution is -0.139. The van der Waals surface area contributed by atoms with E-state index in [4.69, 9.17) is 41.9 Å². The molecule has 96 heavy (non-hydrogen) atoms. The highest BCUT2D eigenvalue weighted by Gasteiger charge is 2.24. The van der Waals surface area contributed by atoms with E-state index in [2.05, 4.69) is 17.1 Å². The van der Waals surface area contributed by atoms with E-state index in [1.54, 1.807) is 87.2 Å². The van der Waals surface area contributed by atoms with Crippen LogP contribution >= 0.6 is 11.6 Å². The zero-order valence-corrected chi connectivity index (χ0v) is 54.0. The minimum atomic E-state index is -0.899. The van der Waals surface area contributed by atoms with Gasteiger partial charge in [0.15, 0.2) is 5.78 Å². The summed E-state index contributed by atoms with van der Waals surface area (Å²) in [5.74, 6) is -5.16. The van der Waals surface area contributed by atoms with Crippen molar-refractivity contribution in [3.05, 3.63) is 311 Å². The van der Waals surface area contributed by atoms with Gasteiger partial charge in [-0.2, -0.15) is 5.10 Å². The van der Waals surface area contributed by atoms with Gasteiger partial charge in [-0.15, -0.1) is 0 Å². The normalized spacial score (nSPS) is 12.1. The molecular weight excluding hydrogens is 1230 g/mol. The van der Waals surface area contributed by atoms with Gasteiger partial charge >= 0.3 is 29.8 Å². The lowest BCUT2D eigenvalue weighted by Crippen LogP contribution is -2.19. The van der Waals surface area contributed by atoms with Crippen LogP contribution in [0.2, 0.25) is 5.02 Å². The van der Waals surface area contributed by atoms with Gasteiger partial charge in [0.25, 0.3) is 0 Å². The van der Waals surface area contributed by atoms with Crippen molar-refractivity contribution in [3.63, 3.8) is 0 Å². The molecule has 486 valence electrons. The number of carbonyl (C=O) groups is 6. The number of carboxylic acids is 5. The fourth-order valence-electron chi connectivity index (χ4n) is 10.4. The molecule has 0 fully saturated rings. The number of rotatable bonds is 18. The van der Waals surface area contributed by atoms with E-state index in [9.17, 15) is 33.9 Å². The maximum atomic E-state index is 12.2. The largest absolute Gasteiger partial charge is 0.497 e. The molecule has 0 saturated heterocycles. The number of methoxy groups -OCH3 is 1. The Labute approximate surface area is 562 Å². The minimum Gasteiger partial charge on any atom is -0.497 e. The van der Waals surface area contributed by atoms with Gasteiger partial charge < -0.3 is 35.2 Å². The van der Waals surface area contributed by atoms with Crippen molar-refractivity contribution in [3.8, 4) is 44.9 Å². The molecule has 3 atom stereocenters. The van der Waals surface area contributed by atoms with Gasteiger partial charge in [0.2, 0.25) is 0 Å². The zero-order valence-electron chi connectivity index (χ0n) is 53.3. The second kappa shape index (κ2) is 34.3. The number of ketones is 1. The average molecular weight is 1300 g/mol. The number of hydrogen-bond donors (Lipinski definition) is 5. The number of para-hydroxylation sites is 1. The van der Waals surface area contributed by atoms with Gasteiger partial charge in [-0.3, -0.25) is 28.8 Å². The standard InChI is InChI=1S/C23H18N2O2.C16H14O3.C14H14O3.C14H12O2.C13H14ClNO2/c26-21(27)16-20-22(17-10-4-1-5-11-17)23(18-12-6-2-7-13-18)24-25(20)19-14-8-3-9-15-19;1-11(16(18)19)13-8-5-9-14(10-13)15(17)12-6-3-2-4-7-12;1-9(14(15)16)10-3-4-12-8-13(17-2)6-5-11(12)7-10;15-14(16)10-11-6-8-13(9-7-11)12-4-2-1-3-5-12;1-9(13(16)17)10-4-5-12(11(14)8-10)15-6-2-3-7-15/h1-15H,16H2,(H,26,27);2-11H,1H3,(H,18,19);3-9H,1-2H3,(H,15,16);1-9H,10H2,(H,15,16);2-5,8-9H,6-7H2,1H3,(H,16,17)/t;;9-;;/m..0../s1. The number of hydrogen-bond acceptors (Lipinski definition) is 9. The fourth-order valence-corrected chi connectivity index (χ4v) is 10.7. The van der Waals surface area contributed by atoms with Crippen LogP contribution in [0.15, 0.2) is 267 Å². The Bertz CT molecular complexity index is 4460. The summed E-state index contributed by atoms with van der Waals surface area (Å²) >= 11 is 6.20. The zero-order chi connectivity index (χ0) is 68.7. The Morgan fingerprint density at radius 3 is 1.45 bits per heavy atom. The molecule has 1 aliphatic rings. The lowest BCUT2D eigenvalue weighted by atomic mass is 9.96. The molecule has 2 unspecified atom stereocenters. The van der Waals surface area contributed by atoms with Crippen molar-refractivity contribution in [1.82, 2.24) is 9.78 Å². The molecule has 1 aromatic heterocycles. The molecule has 5 N–H and O–H groups in total. The van der Waals surface area contributed by atoms with Crippen LogP contribution in [-0.4, -0.2) is 91.1 Å². The second-order valence-electron chi connectivity index (χ2n) is 22.4. The van der Waals surface area contributed by atoms with Crippen molar-refractivity contribution in [1.29, 1.82) is 0 Å². The van der Waals surface area contributed by atoms with E-state index in [1.165, 1.54) is 0 Å². The first kappa shape index (κ1) is 70.2. The van der Waals surface area contributed by atoms with Crippen LogP contribution in [0.1, 0.15) is 82.4 Å². The molecule has 0 spiro atoms. The highest BCUT2D eigenvalue weighted by Crippen LogP contribution is 2.37. The molecular formula is C80H72ClN3O12. The number of carboxylic acid groups (broad SMARTS) is 5. The number of fused-ring (bicyclic) bond motifs is 1. The third kappa shape index (κ3) is 19.2. The van der Waals surface area contributed by atoms with Crippen molar-refractivity contribution in [2.24, 2.45) is 0 Å². The minimum absolute atomic E-state index is 0.0784. The van der Waals surface area contributed by atoms with Crippen LogP contribution in [0.25, 0.3) is 50.0 Å². The number of halogens is 1. The molecule has 0 saturated carbocycles. The Hall–Kier alpha value is -11.7. The number of aromatic nitrogens is 2. The van der Waals surface area contributed by atoms with Crippen LogP contribution in [0.5, 0.6) is 5.75 Å². The highest BCUT2D eigenvalue weighted by molar-refractivity contribution is 6.33. The molecule has 0 bridgehead atoms. The topological polar surface area (TPSA) is 234 Å². The molecule has 10 aromatic carbocycles. The number of benzene rings is 10. The summed E-state index contributed by atoms with van der Waals surface area (Å²) in [4.78, 5) is 69.3. The first-order valence-corrected chi connectivity index (χ1v) is 31.2. The third-order valence-electron chi connectivity index (χ3n) is 15.8. The first-order chi connectivity index (χ1) is 46.3. The van der Waals surface area contributed by atoms with Crippen LogP contribution in [0.4, 0.5) is 5.69 Å². The molecule has 0 aliphatic carbocycles. The third-order valence-corrected chi connectivity index (χ3v) is 16.1. The summed E-state index contributed by atoms with van der Waals surface area (Å²) in [6.07, 6.45) is 4.14. The number of nitrogens with zero attached hydrogens (tertiary/aromatic N) is 3. The van der Waals surface area contributed by atoms with Crippen molar-refractivity contribution < 1.29 is 59.0 Å². The maximum Gasteiger partial charge on any atom is 0.310 e. The van der Waals surface area contributed by atoms with Crippen LogP contribution in [0, 0.1) is 0 Å². The number of aliphatic carboxylic acids is 5. The summed E-state index contributed by atoms with van der Waals surface area (Å²) in [6.45, 7) is 6.66. The number of anilines is 1. The molecule has 12 rings (SSSR count). The second-order valence-corrected chi connectivity index (χ2v) is 22.8. The van der Waals surface area contributed by atoms with Crippen LogP contribution < -0.4 is 9.64 Å². The Morgan fingerprint density at radius 1 is 0.458 bits per heavy atom. The molecule has 2 heterocycles. The first-order valence-electron chi connectivity index (χ1n) is 30.8. The SMILES string of the molecule is CC(C(=O)O)c1ccc(N2CC=CC2)c(Cl)c1.CC(C(=O)O)c1cccc(C(=O)c2ccccc2)c1.COc1ccc2cc([C@H](C)C(=O)O)ccc2c1.O=C(O)Cc1c(-c2ccccc2)c(-c2ccccc2)nn1-c1ccccc1.O=C(O)Cc1ccc(-c2ccccc2)cc1. The fraction of sp³-hybridized carbons (Fsp3) is 0.138. The summed E-state index contributed by atoms with van der Waals surface area (Å²) in [7, 11) is 1.63. The molecule has 0 amide bonds. The highest BCUT2D eigenvalue weighted by atomic mass is 35.5. The van der Waals surface area contributed by atoms with Crippen molar-refractivity contribution >= 4 is 63.7 Å². The quantitative estimate of drug-likeness (QED) is 0.0397. The summed E-state index contributed by atoms with van der Waals surface area (Å²) < 4.78 is 6.89. The Morgan fingerprint density at radius 2 is 0.917 bits per heavy atom. The number of ether oxygens (including phenoxy) is 1. The van der Waals surface area contributed by atoms with Gasteiger partial charge in [0.05, 0.1) is 59.8 Å². The maximum absolute atomic E-state index is 12.2. The molecule has 16 heteroatoms. The smallest absolute Gasteiger partial charge is 0.310 e. The monoisotopic (exact) mass is 1300 g/mol. The summed E-state index contributed by atoms with van der Waals surface area (Å²) in [6, 6.07) is 79.6. The predicted molar refractivity (Wildman–Crippen MR) is 377 cm³/mol. The van der Waals surface area contributed by atoms with Crippen molar-refractivity contribution in [2.75, 3.05) is 25.1 Å². The van der Waals surface area contributed by atoms with Crippen molar-refractivity contribution in [2.45, 2.75) is 51.4 Å². The predicted octanol–water partition coefficient (Wildman–Crippen LogP) is 16.9. The van der Waals surface area contributed by atoms with Gasteiger partial charge in [-0.05, 0) is 113 Å². The van der Waals surface area contributed by atoms with Gasteiger partial charge in [-0.25, -0.2) is 4.68 Å². The molecule has 0 radical (unpaired) electrons. The summed E-state index contributed by atoms with van der Waals surface area (Å²) in [5.41, 5.74) is 12.4. The lowest BCUT2D eigenvalue weighted by Gasteiger charge is -2.20. The van der Waals surface area contributed by atoms with E-state index < -0.39 is 47.6 Å². The van der Waals surface area contributed by atoms with E-state index in [0.29, 0.717) is 27.4 Å². The Balaban J connectivity index is 0.000000156. The molecule has 15 nitrogen and oxygen atoms in total.